The molecule has 0 radical (unpaired) electrons. The monoisotopic (exact) mass is 286 g/mol. The zero-order valence-electron chi connectivity index (χ0n) is 12.6. The zero-order chi connectivity index (χ0) is 14.5. The molecule has 0 saturated carbocycles. The molecule has 0 fully saturated rings. The van der Waals surface area contributed by atoms with Crippen molar-refractivity contribution in [3.8, 4) is 0 Å². The third-order valence-corrected chi connectivity index (χ3v) is 4.29. The first-order valence-electron chi connectivity index (χ1n) is 7.04. The Morgan fingerprint density at radius 3 is 2.45 bits per heavy atom. The van der Waals surface area contributed by atoms with Crippen LogP contribution in [0.5, 0.6) is 0 Å². The van der Waals surface area contributed by atoms with Crippen molar-refractivity contribution < 1.29 is 0 Å². The molecule has 0 aliphatic rings. The van der Waals surface area contributed by atoms with Crippen LogP contribution in [0.25, 0.3) is 0 Å². The smallest absolute Gasteiger partial charge is 0.0577 e. The lowest BCUT2D eigenvalue weighted by atomic mass is 10.0. The van der Waals surface area contributed by atoms with Gasteiger partial charge in [0.1, 0.15) is 0 Å². The van der Waals surface area contributed by atoms with Crippen LogP contribution in [0, 0.1) is 0 Å². The fourth-order valence-corrected chi connectivity index (χ4v) is 2.94. The van der Waals surface area contributed by atoms with Gasteiger partial charge in [-0.15, -0.1) is 11.8 Å². The molecule has 1 aromatic carbocycles. The van der Waals surface area contributed by atoms with E-state index in [2.05, 4.69) is 68.0 Å². The van der Waals surface area contributed by atoms with Crippen molar-refractivity contribution in [2.24, 2.45) is 0 Å². The number of anilines is 2. The van der Waals surface area contributed by atoms with E-state index >= 15 is 0 Å². The molecule has 3 heteroatoms. The van der Waals surface area contributed by atoms with E-state index in [9.17, 15) is 0 Å². The second kappa shape index (κ2) is 6.80. The standard InChI is InChI=1S/C17H22N2S/c1-5-20-17-12-18-11-10-16(17)19(4)15-8-6-14(7-9-15)13(2)3/h6-13H,5H2,1-4H3. The fourth-order valence-electron chi connectivity index (χ4n) is 2.14. The van der Waals surface area contributed by atoms with Gasteiger partial charge in [-0.05, 0) is 35.4 Å². The van der Waals surface area contributed by atoms with Gasteiger partial charge in [0.2, 0.25) is 0 Å². The van der Waals surface area contributed by atoms with E-state index in [4.69, 9.17) is 0 Å². The highest BCUT2D eigenvalue weighted by Gasteiger charge is 2.09. The van der Waals surface area contributed by atoms with E-state index < -0.39 is 0 Å². The first kappa shape index (κ1) is 14.9. The summed E-state index contributed by atoms with van der Waals surface area (Å²) in [7, 11) is 2.11. The zero-order valence-corrected chi connectivity index (χ0v) is 13.4. The van der Waals surface area contributed by atoms with Gasteiger partial charge in [0.05, 0.1) is 5.69 Å². The topological polar surface area (TPSA) is 16.1 Å². The van der Waals surface area contributed by atoms with Crippen LogP contribution < -0.4 is 4.90 Å². The maximum atomic E-state index is 4.23. The lowest BCUT2D eigenvalue weighted by Gasteiger charge is -2.22. The molecule has 2 aromatic rings. The summed E-state index contributed by atoms with van der Waals surface area (Å²) in [5, 5.41) is 0. The summed E-state index contributed by atoms with van der Waals surface area (Å²) < 4.78 is 0. The summed E-state index contributed by atoms with van der Waals surface area (Å²) in [6.07, 6.45) is 3.80. The van der Waals surface area contributed by atoms with E-state index in [1.807, 2.05) is 24.2 Å². The van der Waals surface area contributed by atoms with Crippen LogP contribution in [0.4, 0.5) is 11.4 Å². The van der Waals surface area contributed by atoms with E-state index in [0.29, 0.717) is 5.92 Å². The van der Waals surface area contributed by atoms with Gasteiger partial charge in [-0.1, -0.05) is 32.9 Å². The molecule has 2 rings (SSSR count). The highest BCUT2D eigenvalue weighted by molar-refractivity contribution is 7.99. The third-order valence-electron chi connectivity index (χ3n) is 3.37. The van der Waals surface area contributed by atoms with Crippen molar-refractivity contribution in [1.29, 1.82) is 0 Å². The molecule has 20 heavy (non-hydrogen) atoms. The Kier molecular flexibility index (Phi) is 5.07. The van der Waals surface area contributed by atoms with Crippen molar-refractivity contribution in [3.63, 3.8) is 0 Å². The molecule has 0 unspecified atom stereocenters. The molecule has 2 nitrogen and oxygen atoms in total. The van der Waals surface area contributed by atoms with Gasteiger partial charge < -0.3 is 4.90 Å². The van der Waals surface area contributed by atoms with Crippen molar-refractivity contribution in [1.82, 2.24) is 4.98 Å². The van der Waals surface area contributed by atoms with Gasteiger partial charge in [-0.2, -0.15) is 0 Å². The fraction of sp³-hybridized carbons (Fsp3) is 0.353. The minimum atomic E-state index is 0.571. The summed E-state index contributed by atoms with van der Waals surface area (Å²) in [6.45, 7) is 6.61. The van der Waals surface area contributed by atoms with Crippen molar-refractivity contribution in [2.75, 3.05) is 17.7 Å². The van der Waals surface area contributed by atoms with Crippen LogP contribution in [-0.2, 0) is 0 Å². The first-order chi connectivity index (χ1) is 9.63. The third kappa shape index (κ3) is 3.34. The number of benzene rings is 1. The quantitative estimate of drug-likeness (QED) is 0.713. The van der Waals surface area contributed by atoms with E-state index in [1.54, 1.807) is 0 Å². The number of aromatic nitrogens is 1. The van der Waals surface area contributed by atoms with E-state index in [1.165, 1.54) is 21.8 Å². The van der Waals surface area contributed by atoms with Crippen LogP contribution in [0.3, 0.4) is 0 Å². The molecule has 0 atom stereocenters. The molecule has 1 aromatic heterocycles. The normalized spacial score (nSPS) is 10.8. The van der Waals surface area contributed by atoms with Gasteiger partial charge in [-0.25, -0.2) is 0 Å². The minimum absolute atomic E-state index is 0.571. The summed E-state index contributed by atoms with van der Waals surface area (Å²) in [4.78, 5) is 7.68. The first-order valence-corrected chi connectivity index (χ1v) is 8.02. The Hall–Kier alpha value is -1.48. The Balaban J connectivity index is 2.28. The molecule has 0 aliphatic heterocycles. The van der Waals surface area contributed by atoms with Crippen LogP contribution in [0.2, 0.25) is 0 Å². The molecule has 0 bridgehead atoms. The summed E-state index contributed by atoms with van der Waals surface area (Å²) in [5.41, 5.74) is 3.79. The summed E-state index contributed by atoms with van der Waals surface area (Å²) >= 11 is 1.83. The number of nitrogens with zero attached hydrogens (tertiary/aromatic N) is 2. The highest BCUT2D eigenvalue weighted by Crippen LogP contribution is 2.33. The molecular formula is C17H22N2S. The maximum absolute atomic E-state index is 4.23. The highest BCUT2D eigenvalue weighted by atomic mass is 32.2. The Labute approximate surface area is 126 Å². The lowest BCUT2D eigenvalue weighted by Crippen LogP contribution is -2.10. The second-order valence-corrected chi connectivity index (χ2v) is 6.39. The Morgan fingerprint density at radius 1 is 1.15 bits per heavy atom. The molecule has 106 valence electrons. The van der Waals surface area contributed by atoms with E-state index in [-0.39, 0.29) is 0 Å². The van der Waals surface area contributed by atoms with Gasteiger partial charge >= 0.3 is 0 Å². The van der Waals surface area contributed by atoms with Crippen LogP contribution in [-0.4, -0.2) is 17.8 Å². The van der Waals surface area contributed by atoms with Crippen LogP contribution in [0.15, 0.2) is 47.6 Å². The molecule has 0 amide bonds. The Morgan fingerprint density at radius 2 is 1.85 bits per heavy atom. The van der Waals surface area contributed by atoms with Crippen LogP contribution in [0.1, 0.15) is 32.3 Å². The van der Waals surface area contributed by atoms with Gasteiger partial charge in [0, 0.05) is 30.0 Å². The molecule has 0 aliphatic carbocycles. The largest absolute Gasteiger partial charge is 0.344 e. The minimum Gasteiger partial charge on any atom is -0.344 e. The van der Waals surface area contributed by atoms with Crippen molar-refractivity contribution in [3.05, 3.63) is 48.3 Å². The molecule has 1 heterocycles. The van der Waals surface area contributed by atoms with Gasteiger partial charge in [0.25, 0.3) is 0 Å². The molecule has 0 saturated heterocycles. The van der Waals surface area contributed by atoms with Gasteiger partial charge in [-0.3, -0.25) is 4.98 Å². The average molecular weight is 286 g/mol. The van der Waals surface area contributed by atoms with Crippen LogP contribution >= 0.6 is 11.8 Å². The number of hydrogen-bond donors (Lipinski definition) is 0. The SMILES string of the molecule is CCSc1cnccc1N(C)c1ccc(C(C)C)cc1. The lowest BCUT2D eigenvalue weighted by molar-refractivity contribution is 0.866. The predicted octanol–water partition coefficient (Wildman–Crippen LogP) is 5.08. The average Bonchev–Trinajstić information content (AvgIpc) is 2.47. The molecule has 0 spiro atoms. The van der Waals surface area contributed by atoms with E-state index in [0.717, 1.165) is 5.75 Å². The number of hydrogen-bond acceptors (Lipinski definition) is 3. The maximum Gasteiger partial charge on any atom is 0.0577 e. The van der Waals surface area contributed by atoms with Crippen molar-refractivity contribution >= 4 is 23.1 Å². The number of thioether (sulfide) groups is 1. The second-order valence-electron chi connectivity index (χ2n) is 5.08. The van der Waals surface area contributed by atoms with Gasteiger partial charge in [0.15, 0.2) is 0 Å². The Bertz CT molecular complexity index is 549. The molecular weight excluding hydrogens is 264 g/mol. The van der Waals surface area contributed by atoms with Crippen molar-refractivity contribution in [2.45, 2.75) is 31.6 Å². The molecule has 0 N–H and O–H groups in total. The summed E-state index contributed by atoms with van der Waals surface area (Å²) in [5.74, 6) is 1.63. The number of rotatable bonds is 5. The number of pyridine rings is 1. The predicted molar refractivity (Wildman–Crippen MR) is 89.2 cm³/mol. The summed E-state index contributed by atoms with van der Waals surface area (Å²) in [6, 6.07) is 10.9.